The highest BCUT2D eigenvalue weighted by atomic mass is 15.3. The van der Waals surface area contributed by atoms with Gasteiger partial charge in [-0.15, -0.1) is 0 Å². The summed E-state index contributed by atoms with van der Waals surface area (Å²) in [7, 11) is 0. The maximum atomic E-state index is 4.44. The molecule has 1 atom stereocenters. The number of rotatable bonds is 8. The minimum absolute atomic E-state index is 0.537. The van der Waals surface area contributed by atoms with Crippen molar-refractivity contribution in [3.8, 4) is 0 Å². The van der Waals surface area contributed by atoms with E-state index in [1.165, 1.54) is 0 Å². The first-order valence-corrected chi connectivity index (χ1v) is 7.50. The Morgan fingerprint density at radius 1 is 1.16 bits per heavy atom. The van der Waals surface area contributed by atoms with Crippen molar-refractivity contribution < 1.29 is 0 Å². The molecule has 0 radical (unpaired) electrons. The lowest BCUT2D eigenvalue weighted by Gasteiger charge is -2.22. The van der Waals surface area contributed by atoms with Crippen LogP contribution in [-0.4, -0.2) is 27.4 Å². The predicted molar refractivity (Wildman–Crippen MR) is 80.0 cm³/mol. The third kappa shape index (κ3) is 5.72. The number of nitrogens with zero attached hydrogens (tertiary/aromatic N) is 3. The van der Waals surface area contributed by atoms with Crippen LogP contribution in [0, 0.1) is 17.8 Å². The summed E-state index contributed by atoms with van der Waals surface area (Å²) in [6.45, 7) is 15.4. The van der Waals surface area contributed by atoms with Crippen molar-refractivity contribution in [3.05, 3.63) is 12.2 Å². The molecule has 0 bridgehead atoms. The van der Waals surface area contributed by atoms with Crippen LogP contribution in [0.15, 0.2) is 6.33 Å². The van der Waals surface area contributed by atoms with E-state index in [9.17, 15) is 0 Å². The topological polar surface area (TPSA) is 42.7 Å². The summed E-state index contributed by atoms with van der Waals surface area (Å²) in [6.07, 6.45) is 2.69. The summed E-state index contributed by atoms with van der Waals surface area (Å²) in [5.74, 6) is 2.98. The van der Waals surface area contributed by atoms with Crippen molar-refractivity contribution in [2.45, 2.75) is 60.5 Å². The Morgan fingerprint density at radius 3 is 2.37 bits per heavy atom. The smallest absolute Gasteiger partial charge is 0.138 e. The average Bonchev–Trinajstić information content (AvgIpc) is 2.70. The van der Waals surface area contributed by atoms with E-state index in [1.54, 1.807) is 6.33 Å². The van der Waals surface area contributed by atoms with Crippen LogP contribution < -0.4 is 5.32 Å². The van der Waals surface area contributed by atoms with Gasteiger partial charge in [-0.05, 0) is 24.3 Å². The van der Waals surface area contributed by atoms with Gasteiger partial charge in [0.2, 0.25) is 0 Å². The van der Waals surface area contributed by atoms with Crippen molar-refractivity contribution in [1.29, 1.82) is 0 Å². The zero-order valence-corrected chi connectivity index (χ0v) is 13.3. The summed E-state index contributed by atoms with van der Waals surface area (Å²) >= 11 is 0. The van der Waals surface area contributed by atoms with E-state index < -0.39 is 0 Å². The monoisotopic (exact) mass is 266 g/mol. The number of aromatic nitrogens is 3. The van der Waals surface area contributed by atoms with Gasteiger partial charge in [0.15, 0.2) is 0 Å². The van der Waals surface area contributed by atoms with Crippen molar-refractivity contribution in [1.82, 2.24) is 20.1 Å². The van der Waals surface area contributed by atoms with Gasteiger partial charge in [-0.25, -0.2) is 9.67 Å². The van der Waals surface area contributed by atoms with Crippen molar-refractivity contribution in [3.63, 3.8) is 0 Å². The molecule has 110 valence electrons. The Hall–Kier alpha value is -0.900. The fourth-order valence-electron chi connectivity index (χ4n) is 2.11. The Balaban J connectivity index is 2.65. The van der Waals surface area contributed by atoms with Gasteiger partial charge in [0.25, 0.3) is 0 Å². The third-order valence-electron chi connectivity index (χ3n) is 3.41. The number of hydrogen-bond acceptors (Lipinski definition) is 3. The van der Waals surface area contributed by atoms with Gasteiger partial charge >= 0.3 is 0 Å². The molecule has 0 saturated heterocycles. The Bertz CT molecular complexity index is 355. The minimum Gasteiger partial charge on any atom is -0.314 e. The van der Waals surface area contributed by atoms with E-state index in [1.807, 2.05) is 0 Å². The second kappa shape index (κ2) is 7.63. The Morgan fingerprint density at radius 2 is 1.84 bits per heavy atom. The molecule has 0 fully saturated rings. The maximum Gasteiger partial charge on any atom is 0.138 e. The first kappa shape index (κ1) is 16.2. The van der Waals surface area contributed by atoms with Crippen LogP contribution in [0.1, 0.15) is 47.4 Å². The van der Waals surface area contributed by atoms with E-state index >= 15 is 0 Å². The lowest BCUT2D eigenvalue weighted by molar-refractivity contribution is 0.334. The molecular weight excluding hydrogens is 236 g/mol. The van der Waals surface area contributed by atoms with Gasteiger partial charge in [0.05, 0.1) is 0 Å². The van der Waals surface area contributed by atoms with E-state index in [4.69, 9.17) is 0 Å². The van der Waals surface area contributed by atoms with E-state index in [0.29, 0.717) is 23.8 Å². The first-order chi connectivity index (χ1) is 8.90. The van der Waals surface area contributed by atoms with E-state index in [-0.39, 0.29) is 0 Å². The summed E-state index contributed by atoms with van der Waals surface area (Å²) in [6, 6.07) is 0.537. The molecule has 0 aliphatic carbocycles. The summed E-state index contributed by atoms with van der Waals surface area (Å²) < 4.78 is 2.06. The molecule has 1 N–H and O–H groups in total. The molecule has 1 aromatic heterocycles. The van der Waals surface area contributed by atoms with E-state index in [2.05, 4.69) is 61.6 Å². The minimum atomic E-state index is 0.537. The molecule has 19 heavy (non-hydrogen) atoms. The molecule has 0 aliphatic heterocycles. The van der Waals surface area contributed by atoms with Gasteiger partial charge in [0, 0.05) is 19.0 Å². The molecular formula is C15H30N4. The van der Waals surface area contributed by atoms with Crippen LogP contribution in [0.3, 0.4) is 0 Å². The van der Waals surface area contributed by atoms with Crippen molar-refractivity contribution in [2.24, 2.45) is 17.8 Å². The molecule has 0 saturated carbocycles. The normalized spacial score (nSPS) is 13.7. The van der Waals surface area contributed by atoms with Gasteiger partial charge < -0.3 is 5.32 Å². The van der Waals surface area contributed by atoms with Crippen LogP contribution in [0.25, 0.3) is 0 Å². The lowest BCUT2D eigenvalue weighted by Crippen LogP contribution is -2.33. The molecule has 0 aromatic carbocycles. The average molecular weight is 266 g/mol. The third-order valence-corrected chi connectivity index (χ3v) is 3.41. The molecule has 0 aliphatic rings. The number of hydrogen-bond donors (Lipinski definition) is 1. The zero-order chi connectivity index (χ0) is 14.4. The molecule has 1 heterocycles. The lowest BCUT2D eigenvalue weighted by atomic mass is 9.92. The molecule has 1 unspecified atom stereocenters. The standard InChI is InChI=1S/C15H30N4/c1-11(2)9-19-15(17-10-18-19)7-14(12(3)4)8-16-13(5)6/h10-14,16H,7-9H2,1-6H3. The van der Waals surface area contributed by atoms with E-state index in [0.717, 1.165) is 25.3 Å². The summed E-state index contributed by atoms with van der Waals surface area (Å²) in [5, 5.41) is 7.89. The second-order valence-corrected chi connectivity index (χ2v) is 6.52. The fraction of sp³-hybridized carbons (Fsp3) is 0.867. The highest BCUT2D eigenvalue weighted by Crippen LogP contribution is 2.16. The quantitative estimate of drug-likeness (QED) is 0.787. The molecule has 0 spiro atoms. The van der Waals surface area contributed by atoms with Crippen LogP contribution in [0.5, 0.6) is 0 Å². The summed E-state index contributed by atoms with van der Waals surface area (Å²) in [4.78, 5) is 4.44. The van der Waals surface area contributed by atoms with Gasteiger partial charge in [-0.1, -0.05) is 41.5 Å². The molecule has 0 amide bonds. The van der Waals surface area contributed by atoms with Gasteiger partial charge in [-0.3, -0.25) is 0 Å². The first-order valence-electron chi connectivity index (χ1n) is 7.50. The highest BCUT2D eigenvalue weighted by molar-refractivity contribution is 4.89. The maximum absolute atomic E-state index is 4.44. The van der Waals surface area contributed by atoms with Crippen molar-refractivity contribution >= 4 is 0 Å². The van der Waals surface area contributed by atoms with Gasteiger partial charge in [-0.2, -0.15) is 5.10 Å². The fourth-order valence-corrected chi connectivity index (χ4v) is 2.11. The summed E-state index contributed by atoms with van der Waals surface area (Å²) in [5.41, 5.74) is 0. The SMILES string of the molecule is CC(C)Cn1ncnc1CC(CNC(C)C)C(C)C. The largest absolute Gasteiger partial charge is 0.314 e. The molecule has 1 aromatic rings. The molecule has 1 rings (SSSR count). The van der Waals surface area contributed by atoms with Crippen LogP contribution >= 0.6 is 0 Å². The highest BCUT2D eigenvalue weighted by Gasteiger charge is 2.18. The van der Waals surface area contributed by atoms with Crippen LogP contribution in [-0.2, 0) is 13.0 Å². The Labute approximate surface area is 118 Å². The predicted octanol–water partition coefficient (Wildman–Crippen LogP) is 2.75. The second-order valence-electron chi connectivity index (χ2n) is 6.52. The van der Waals surface area contributed by atoms with Crippen LogP contribution in [0.2, 0.25) is 0 Å². The Kier molecular flexibility index (Phi) is 6.49. The van der Waals surface area contributed by atoms with Gasteiger partial charge in [0.1, 0.15) is 12.2 Å². The molecule has 4 heteroatoms. The van der Waals surface area contributed by atoms with Crippen LogP contribution in [0.4, 0.5) is 0 Å². The molecule has 4 nitrogen and oxygen atoms in total. The zero-order valence-electron chi connectivity index (χ0n) is 13.3. The number of nitrogens with one attached hydrogen (secondary N) is 1. The van der Waals surface area contributed by atoms with Crippen molar-refractivity contribution in [2.75, 3.05) is 6.54 Å².